The third kappa shape index (κ3) is 6.41. The zero-order chi connectivity index (χ0) is 25.5. The molecule has 3 aromatic rings. The highest BCUT2D eigenvalue weighted by Crippen LogP contribution is 2.28. The molecule has 0 saturated carbocycles. The van der Waals surface area contributed by atoms with Crippen LogP contribution < -0.4 is 20.3 Å². The number of hydrogen-bond acceptors (Lipinski definition) is 6. The molecule has 0 radical (unpaired) electrons. The Morgan fingerprint density at radius 1 is 0.917 bits per heavy atom. The predicted octanol–water partition coefficient (Wildman–Crippen LogP) is 3.95. The first kappa shape index (κ1) is 25.2. The molecular formula is C28H32N4O4. The van der Waals surface area contributed by atoms with Gasteiger partial charge in [-0.25, -0.2) is 0 Å². The maximum atomic E-state index is 12.9. The molecule has 1 fully saturated rings. The smallest absolute Gasteiger partial charge is 0.255 e. The number of nitrogens with one attached hydrogen (secondary N) is 2. The SMILES string of the molecule is COc1ccc(NC(=O)c2ccc(-c3ccc(N(C)C)cc3)cc2)cc1NC(=O)CN1CCOCC1. The second-order valence-corrected chi connectivity index (χ2v) is 8.82. The van der Waals surface area contributed by atoms with Gasteiger partial charge in [-0.15, -0.1) is 0 Å². The molecule has 1 aliphatic rings. The zero-order valence-corrected chi connectivity index (χ0v) is 20.9. The standard InChI is InChI=1S/C28H32N4O4/c1-31(2)24-11-8-21(9-12-24)20-4-6-22(7-5-20)28(34)29-23-10-13-26(35-3)25(18-23)30-27(33)19-32-14-16-36-17-15-32/h4-13,18H,14-17,19H2,1-3H3,(H,29,34)(H,30,33). The highest BCUT2D eigenvalue weighted by molar-refractivity contribution is 6.05. The molecule has 1 saturated heterocycles. The average Bonchev–Trinajstić information content (AvgIpc) is 2.89. The summed E-state index contributed by atoms with van der Waals surface area (Å²) < 4.78 is 10.7. The van der Waals surface area contributed by atoms with Crippen LogP contribution in [0, 0.1) is 0 Å². The minimum Gasteiger partial charge on any atom is -0.495 e. The van der Waals surface area contributed by atoms with E-state index >= 15 is 0 Å². The highest BCUT2D eigenvalue weighted by atomic mass is 16.5. The molecule has 188 valence electrons. The maximum Gasteiger partial charge on any atom is 0.255 e. The lowest BCUT2D eigenvalue weighted by atomic mass is 10.0. The number of methoxy groups -OCH3 is 1. The van der Waals surface area contributed by atoms with Crippen LogP contribution in [0.2, 0.25) is 0 Å². The number of morpholine rings is 1. The van der Waals surface area contributed by atoms with Gasteiger partial charge >= 0.3 is 0 Å². The summed E-state index contributed by atoms with van der Waals surface area (Å²) in [6.07, 6.45) is 0. The van der Waals surface area contributed by atoms with E-state index in [0.29, 0.717) is 35.9 Å². The first-order valence-corrected chi connectivity index (χ1v) is 11.9. The molecule has 0 aliphatic carbocycles. The molecule has 8 heteroatoms. The summed E-state index contributed by atoms with van der Waals surface area (Å²) >= 11 is 0. The first-order chi connectivity index (χ1) is 17.4. The number of ether oxygens (including phenoxy) is 2. The second-order valence-electron chi connectivity index (χ2n) is 8.82. The third-order valence-corrected chi connectivity index (χ3v) is 6.07. The van der Waals surface area contributed by atoms with Gasteiger partial charge in [0, 0.05) is 44.1 Å². The molecule has 0 aromatic heterocycles. The summed E-state index contributed by atoms with van der Waals surface area (Å²) in [6.45, 7) is 2.97. The molecule has 0 atom stereocenters. The molecule has 2 N–H and O–H groups in total. The molecule has 0 spiro atoms. The number of carbonyl (C=O) groups is 2. The summed E-state index contributed by atoms with van der Waals surface area (Å²) in [5.41, 5.74) is 4.85. The summed E-state index contributed by atoms with van der Waals surface area (Å²) in [5, 5.41) is 5.80. The van der Waals surface area contributed by atoms with Crippen LogP contribution in [-0.2, 0) is 9.53 Å². The molecule has 1 heterocycles. The normalized spacial score (nSPS) is 13.6. The lowest BCUT2D eigenvalue weighted by Gasteiger charge is -2.26. The van der Waals surface area contributed by atoms with E-state index in [1.807, 2.05) is 31.1 Å². The van der Waals surface area contributed by atoms with Gasteiger partial charge in [0.2, 0.25) is 5.91 Å². The van der Waals surface area contributed by atoms with Gasteiger partial charge in [-0.2, -0.15) is 0 Å². The van der Waals surface area contributed by atoms with Crippen LogP contribution in [0.5, 0.6) is 5.75 Å². The number of anilines is 3. The van der Waals surface area contributed by atoms with Gasteiger partial charge in [0.05, 0.1) is 32.6 Å². The number of rotatable bonds is 8. The van der Waals surface area contributed by atoms with Crippen LogP contribution in [0.25, 0.3) is 11.1 Å². The largest absolute Gasteiger partial charge is 0.495 e. The van der Waals surface area contributed by atoms with Gasteiger partial charge in [-0.3, -0.25) is 14.5 Å². The van der Waals surface area contributed by atoms with Crippen molar-refractivity contribution in [3.8, 4) is 16.9 Å². The average molecular weight is 489 g/mol. The van der Waals surface area contributed by atoms with Gasteiger partial charge in [0.25, 0.3) is 5.91 Å². The van der Waals surface area contributed by atoms with Gasteiger partial charge in [0.15, 0.2) is 0 Å². The summed E-state index contributed by atoms with van der Waals surface area (Å²) in [4.78, 5) is 29.5. The van der Waals surface area contributed by atoms with Crippen molar-refractivity contribution in [3.63, 3.8) is 0 Å². The Labute approximate surface area is 211 Å². The molecule has 0 unspecified atom stereocenters. The molecule has 2 amide bonds. The van der Waals surface area contributed by atoms with Crippen LogP contribution in [0.1, 0.15) is 10.4 Å². The van der Waals surface area contributed by atoms with Crippen LogP contribution in [0.4, 0.5) is 17.1 Å². The lowest BCUT2D eigenvalue weighted by Crippen LogP contribution is -2.41. The number of benzene rings is 3. The molecular weight excluding hydrogens is 456 g/mol. The van der Waals surface area contributed by atoms with E-state index in [1.165, 1.54) is 0 Å². The molecule has 1 aliphatic heterocycles. The van der Waals surface area contributed by atoms with Gasteiger partial charge in [-0.1, -0.05) is 24.3 Å². The number of hydrogen-bond donors (Lipinski definition) is 2. The maximum absolute atomic E-state index is 12.9. The fourth-order valence-electron chi connectivity index (χ4n) is 4.00. The lowest BCUT2D eigenvalue weighted by molar-refractivity contribution is -0.118. The van der Waals surface area contributed by atoms with Crippen molar-refractivity contribution in [3.05, 3.63) is 72.3 Å². The van der Waals surface area contributed by atoms with E-state index in [1.54, 1.807) is 37.4 Å². The van der Waals surface area contributed by atoms with Crippen LogP contribution in [-0.4, -0.2) is 70.8 Å². The Morgan fingerprint density at radius 2 is 1.56 bits per heavy atom. The quantitative estimate of drug-likeness (QED) is 0.500. The van der Waals surface area contributed by atoms with E-state index in [4.69, 9.17) is 9.47 Å². The van der Waals surface area contributed by atoms with Gasteiger partial charge < -0.3 is 25.0 Å². The number of carbonyl (C=O) groups excluding carboxylic acids is 2. The van der Waals surface area contributed by atoms with Crippen molar-refractivity contribution < 1.29 is 19.1 Å². The monoisotopic (exact) mass is 488 g/mol. The van der Waals surface area contributed by atoms with Crippen LogP contribution in [0.3, 0.4) is 0 Å². The van der Waals surface area contributed by atoms with E-state index in [2.05, 4.69) is 39.8 Å². The molecule has 4 rings (SSSR count). The van der Waals surface area contributed by atoms with E-state index in [9.17, 15) is 9.59 Å². The Hall–Kier alpha value is -3.88. The molecule has 0 bridgehead atoms. The van der Waals surface area contributed by atoms with E-state index < -0.39 is 0 Å². The first-order valence-electron chi connectivity index (χ1n) is 11.9. The van der Waals surface area contributed by atoms with Crippen molar-refractivity contribution in [2.45, 2.75) is 0 Å². The van der Waals surface area contributed by atoms with Crippen molar-refractivity contribution in [2.24, 2.45) is 0 Å². The molecule has 8 nitrogen and oxygen atoms in total. The third-order valence-electron chi connectivity index (χ3n) is 6.07. The highest BCUT2D eigenvalue weighted by Gasteiger charge is 2.16. The van der Waals surface area contributed by atoms with Crippen LogP contribution in [0.15, 0.2) is 66.7 Å². The summed E-state index contributed by atoms with van der Waals surface area (Å²) in [5.74, 6) is 0.140. The van der Waals surface area contributed by atoms with E-state index in [0.717, 1.165) is 29.9 Å². The number of amides is 2. The molecule has 36 heavy (non-hydrogen) atoms. The minimum atomic E-state index is -0.236. The van der Waals surface area contributed by atoms with Crippen molar-refractivity contribution >= 4 is 28.9 Å². The zero-order valence-electron chi connectivity index (χ0n) is 20.9. The van der Waals surface area contributed by atoms with Crippen molar-refractivity contribution in [1.29, 1.82) is 0 Å². The van der Waals surface area contributed by atoms with Gasteiger partial charge in [-0.05, 0) is 53.6 Å². The Morgan fingerprint density at radius 3 is 2.17 bits per heavy atom. The summed E-state index contributed by atoms with van der Waals surface area (Å²) in [6, 6.07) is 20.9. The minimum absolute atomic E-state index is 0.145. The Kier molecular flexibility index (Phi) is 8.20. The molecule has 3 aromatic carbocycles. The van der Waals surface area contributed by atoms with Crippen LogP contribution >= 0.6 is 0 Å². The Bertz CT molecular complexity index is 1190. The topological polar surface area (TPSA) is 83.1 Å². The number of nitrogens with zero attached hydrogens (tertiary/aromatic N) is 2. The summed E-state index contributed by atoms with van der Waals surface area (Å²) in [7, 11) is 5.56. The Balaban J connectivity index is 1.41. The second kappa shape index (κ2) is 11.7. The van der Waals surface area contributed by atoms with Gasteiger partial charge in [0.1, 0.15) is 5.75 Å². The van der Waals surface area contributed by atoms with Crippen molar-refractivity contribution in [2.75, 3.05) is 69.6 Å². The fraction of sp³-hybridized carbons (Fsp3) is 0.286. The predicted molar refractivity (Wildman–Crippen MR) is 143 cm³/mol. The van der Waals surface area contributed by atoms with E-state index in [-0.39, 0.29) is 18.4 Å². The van der Waals surface area contributed by atoms with Crippen molar-refractivity contribution in [1.82, 2.24) is 4.90 Å². The fourth-order valence-corrected chi connectivity index (χ4v) is 4.00.